The maximum absolute atomic E-state index is 11.8. The van der Waals surface area contributed by atoms with Crippen molar-refractivity contribution in [3.05, 3.63) is 65.2 Å². The SMILES string of the molecule is CC(Cc1ccc(C#Cc2ccc(OC(C)C)cc2)cc1)NC(=O)C1CC1. The summed E-state index contributed by atoms with van der Waals surface area (Å²) in [5.74, 6) is 7.71. The Bertz CT molecular complexity index is 821. The van der Waals surface area contributed by atoms with E-state index in [9.17, 15) is 4.79 Å². The molecule has 0 bridgehead atoms. The molecular formula is C24H27NO2. The molecule has 1 fully saturated rings. The number of carbonyl (C=O) groups is 1. The van der Waals surface area contributed by atoms with Crippen LogP contribution in [0.5, 0.6) is 5.75 Å². The highest BCUT2D eigenvalue weighted by Gasteiger charge is 2.30. The van der Waals surface area contributed by atoms with E-state index >= 15 is 0 Å². The lowest BCUT2D eigenvalue weighted by atomic mass is 10.0. The van der Waals surface area contributed by atoms with Crippen molar-refractivity contribution >= 4 is 5.91 Å². The Morgan fingerprint density at radius 3 is 2.07 bits per heavy atom. The van der Waals surface area contributed by atoms with Crippen molar-refractivity contribution in [1.82, 2.24) is 5.32 Å². The second-order valence-corrected chi connectivity index (χ2v) is 7.53. The largest absolute Gasteiger partial charge is 0.491 e. The maximum Gasteiger partial charge on any atom is 0.223 e. The molecule has 27 heavy (non-hydrogen) atoms. The van der Waals surface area contributed by atoms with Crippen molar-refractivity contribution in [2.45, 2.75) is 52.2 Å². The third kappa shape index (κ3) is 6.18. The van der Waals surface area contributed by atoms with Crippen molar-refractivity contribution in [1.29, 1.82) is 0 Å². The van der Waals surface area contributed by atoms with Crippen LogP contribution in [0, 0.1) is 17.8 Å². The molecule has 140 valence electrons. The number of benzene rings is 2. The molecule has 1 amide bonds. The van der Waals surface area contributed by atoms with Crippen LogP contribution in [0.15, 0.2) is 48.5 Å². The van der Waals surface area contributed by atoms with Gasteiger partial charge in [0.25, 0.3) is 0 Å². The Hall–Kier alpha value is -2.73. The molecule has 3 rings (SSSR count). The smallest absolute Gasteiger partial charge is 0.223 e. The van der Waals surface area contributed by atoms with Gasteiger partial charge in [-0.05, 0) is 82.0 Å². The fraction of sp³-hybridized carbons (Fsp3) is 0.375. The second-order valence-electron chi connectivity index (χ2n) is 7.53. The summed E-state index contributed by atoms with van der Waals surface area (Å²) >= 11 is 0. The van der Waals surface area contributed by atoms with E-state index in [1.807, 2.05) is 50.2 Å². The maximum atomic E-state index is 11.8. The molecule has 1 aliphatic carbocycles. The summed E-state index contributed by atoms with van der Waals surface area (Å²) in [5.41, 5.74) is 3.15. The number of nitrogens with one attached hydrogen (secondary N) is 1. The van der Waals surface area contributed by atoms with E-state index in [4.69, 9.17) is 4.74 Å². The quantitative estimate of drug-likeness (QED) is 0.778. The number of carbonyl (C=O) groups excluding carboxylic acids is 1. The molecule has 0 aliphatic heterocycles. The van der Waals surface area contributed by atoms with Crippen LogP contribution < -0.4 is 10.1 Å². The standard InChI is InChI=1S/C24H27NO2/c1-17(2)27-23-14-10-20(11-15-23)5-4-19-6-8-21(9-7-19)16-18(3)25-24(26)22-12-13-22/h6-11,14-15,17-18,22H,12-13,16H2,1-3H3,(H,25,26). The minimum Gasteiger partial charge on any atom is -0.491 e. The monoisotopic (exact) mass is 361 g/mol. The van der Waals surface area contributed by atoms with E-state index in [0.29, 0.717) is 0 Å². The number of amides is 1. The average Bonchev–Trinajstić information content (AvgIpc) is 3.47. The van der Waals surface area contributed by atoms with E-state index in [0.717, 1.165) is 36.1 Å². The summed E-state index contributed by atoms with van der Waals surface area (Å²) in [6.07, 6.45) is 3.09. The molecule has 2 aromatic carbocycles. The predicted molar refractivity (Wildman–Crippen MR) is 109 cm³/mol. The first-order valence-corrected chi connectivity index (χ1v) is 9.67. The van der Waals surface area contributed by atoms with Crippen LogP contribution in [0.4, 0.5) is 0 Å². The van der Waals surface area contributed by atoms with Gasteiger partial charge in [-0.3, -0.25) is 4.79 Å². The topological polar surface area (TPSA) is 38.3 Å². The molecule has 3 nitrogen and oxygen atoms in total. The number of ether oxygens (including phenoxy) is 1. The number of hydrogen-bond donors (Lipinski definition) is 1. The lowest BCUT2D eigenvalue weighted by molar-refractivity contribution is -0.122. The Morgan fingerprint density at radius 2 is 1.56 bits per heavy atom. The molecule has 0 saturated heterocycles. The van der Waals surface area contributed by atoms with Crippen LogP contribution in [0.1, 0.15) is 50.3 Å². The Morgan fingerprint density at radius 1 is 1.00 bits per heavy atom. The minimum atomic E-state index is 0.154. The van der Waals surface area contributed by atoms with Crippen LogP contribution in [-0.2, 0) is 11.2 Å². The van der Waals surface area contributed by atoms with Crippen LogP contribution in [0.3, 0.4) is 0 Å². The van der Waals surface area contributed by atoms with Gasteiger partial charge in [0, 0.05) is 23.1 Å². The Kier molecular flexibility index (Phi) is 6.19. The fourth-order valence-electron chi connectivity index (χ4n) is 2.87. The van der Waals surface area contributed by atoms with Crippen LogP contribution >= 0.6 is 0 Å². The molecule has 2 aromatic rings. The van der Waals surface area contributed by atoms with Crippen LogP contribution in [-0.4, -0.2) is 18.1 Å². The highest BCUT2D eigenvalue weighted by Crippen LogP contribution is 2.28. The van der Waals surface area contributed by atoms with E-state index in [1.54, 1.807) is 0 Å². The molecule has 0 radical (unpaired) electrons. The van der Waals surface area contributed by atoms with E-state index in [2.05, 4.69) is 36.2 Å². The summed E-state index contributed by atoms with van der Waals surface area (Å²) in [6, 6.07) is 16.2. The van der Waals surface area contributed by atoms with Gasteiger partial charge in [0.05, 0.1) is 6.10 Å². The van der Waals surface area contributed by atoms with Crippen LogP contribution in [0.2, 0.25) is 0 Å². The van der Waals surface area contributed by atoms with Gasteiger partial charge in [-0.2, -0.15) is 0 Å². The van der Waals surface area contributed by atoms with Gasteiger partial charge in [-0.25, -0.2) is 0 Å². The van der Waals surface area contributed by atoms with Gasteiger partial charge in [0.2, 0.25) is 5.91 Å². The molecule has 1 aliphatic rings. The second kappa shape index (κ2) is 8.77. The Labute approximate surface area is 162 Å². The fourth-order valence-corrected chi connectivity index (χ4v) is 2.87. The van der Waals surface area contributed by atoms with Crippen molar-refractivity contribution < 1.29 is 9.53 Å². The van der Waals surface area contributed by atoms with E-state index in [-0.39, 0.29) is 24.0 Å². The van der Waals surface area contributed by atoms with Gasteiger partial charge in [-0.1, -0.05) is 24.0 Å². The molecule has 3 heteroatoms. The molecule has 0 spiro atoms. The molecule has 0 aromatic heterocycles. The molecule has 1 atom stereocenters. The number of rotatable bonds is 6. The molecule has 1 N–H and O–H groups in total. The highest BCUT2D eigenvalue weighted by molar-refractivity contribution is 5.81. The zero-order chi connectivity index (χ0) is 19.2. The summed E-state index contributed by atoms with van der Waals surface area (Å²) in [7, 11) is 0. The van der Waals surface area contributed by atoms with Gasteiger partial charge in [-0.15, -0.1) is 0 Å². The third-order valence-corrected chi connectivity index (χ3v) is 4.41. The zero-order valence-corrected chi connectivity index (χ0v) is 16.3. The third-order valence-electron chi connectivity index (χ3n) is 4.41. The average molecular weight is 361 g/mol. The van der Waals surface area contributed by atoms with Crippen LogP contribution in [0.25, 0.3) is 0 Å². The summed E-state index contributed by atoms with van der Waals surface area (Å²) in [4.78, 5) is 11.8. The minimum absolute atomic E-state index is 0.154. The Balaban J connectivity index is 1.54. The molecule has 0 heterocycles. The zero-order valence-electron chi connectivity index (χ0n) is 16.3. The highest BCUT2D eigenvalue weighted by atomic mass is 16.5. The normalized spacial score (nSPS) is 14.2. The van der Waals surface area contributed by atoms with E-state index in [1.165, 1.54) is 5.56 Å². The lowest BCUT2D eigenvalue weighted by Crippen LogP contribution is -2.35. The van der Waals surface area contributed by atoms with Crippen molar-refractivity contribution in [2.24, 2.45) is 5.92 Å². The summed E-state index contributed by atoms with van der Waals surface area (Å²) in [5, 5.41) is 3.09. The molecule has 1 saturated carbocycles. The summed E-state index contributed by atoms with van der Waals surface area (Å²) < 4.78 is 5.64. The van der Waals surface area contributed by atoms with Gasteiger partial charge < -0.3 is 10.1 Å². The lowest BCUT2D eigenvalue weighted by Gasteiger charge is -2.13. The summed E-state index contributed by atoms with van der Waals surface area (Å²) in [6.45, 7) is 6.08. The first kappa shape index (κ1) is 19.0. The van der Waals surface area contributed by atoms with Crippen molar-refractivity contribution in [3.8, 4) is 17.6 Å². The first-order chi connectivity index (χ1) is 13.0. The molecule has 1 unspecified atom stereocenters. The van der Waals surface area contributed by atoms with E-state index < -0.39 is 0 Å². The van der Waals surface area contributed by atoms with Crippen molar-refractivity contribution in [2.75, 3.05) is 0 Å². The van der Waals surface area contributed by atoms with Gasteiger partial charge in [0.15, 0.2) is 0 Å². The first-order valence-electron chi connectivity index (χ1n) is 9.67. The number of hydrogen-bond acceptors (Lipinski definition) is 2. The van der Waals surface area contributed by atoms with Crippen molar-refractivity contribution in [3.63, 3.8) is 0 Å². The van der Waals surface area contributed by atoms with Gasteiger partial charge in [0.1, 0.15) is 5.75 Å². The predicted octanol–water partition coefficient (Wildman–Crippen LogP) is 4.33. The molecular weight excluding hydrogens is 334 g/mol. The van der Waals surface area contributed by atoms with Gasteiger partial charge >= 0.3 is 0 Å².